The van der Waals surface area contributed by atoms with Crippen LogP contribution in [0.1, 0.15) is 12.5 Å². The van der Waals surface area contributed by atoms with Crippen LogP contribution in [0.4, 0.5) is 20.2 Å². The number of ether oxygens (including phenoxy) is 1. The highest BCUT2D eigenvalue weighted by Gasteiger charge is 2.30. The van der Waals surface area contributed by atoms with Gasteiger partial charge in [-0.15, -0.1) is 0 Å². The first-order valence-corrected chi connectivity index (χ1v) is 9.79. The lowest BCUT2D eigenvalue weighted by molar-refractivity contribution is -0.116. The summed E-state index contributed by atoms with van der Waals surface area (Å²) in [7, 11) is -2.52. The molecule has 6 nitrogen and oxygen atoms in total. The van der Waals surface area contributed by atoms with Crippen LogP contribution in [0.2, 0.25) is 0 Å². The van der Waals surface area contributed by atoms with Gasteiger partial charge in [0.15, 0.2) is 11.6 Å². The van der Waals surface area contributed by atoms with E-state index in [2.05, 4.69) is 5.32 Å². The van der Waals surface area contributed by atoms with E-state index in [1.807, 2.05) is 6.92 Å². The Morgan fingerprint density at radius 1 is 1.15 bits per heavy atom. The maximum absolute atomic E-state index is 13.6. The fourth-order valence-electron chi connectivity index (χ4n) is 2.59. The molecule has 1 atom stereocenters. The van der Waals surface area contributed by atoms with E-state index in [0.717, 1.165) is 34.3 Å². The molecule has 2 rings (SSSR count). The molecule has 1 N–H and O–H groups in total. The first kappa shape index (κ1) is 20.6. The number of sulfonamides is 1. The zero-order valence-corrected chi connectivity index (χ0v) is 16.1. The van der Waals surface area contributed by atoms with Crippen molar-refractivity contribution >= 4 is 27.3 Å². The SMILES string of the molecule is COc1ccc(C)cc1NC(=O)[C@H](C)N(c1ccc(F)c(F)c1)S(C)(=O)=O. The van der Waals surface area contributed by atoms with Gasteiger partial charge in [-0.05, 0) is 43.7 Å². The first-order valence-electron chi connectivity index (χ1n) is 7.94. The molecule has 2 aromatic carbocycles. The van der Waals surface area contributed by atoms with Crippen molar-refractivity contribution in [1.82, 2.24) is 0 Å². The van der Waals surface area contributed by atoms with E-state index in [0.29, 0.717) is 11.4 Å². The first-order chi connectivity index (χ1) is 12.5. The lowest BCUT2D eigenvalue weighted by Crippen LogP contribution is -2.45. The van der Waals surface area contributed by atoms with E-state index in [1.54, 1.807) is 18.2 Å². The van der Waals surface area contributed by atoms with Gasteiger partial charge in [-0.1, -0.05) is 6.07 Å². The van der Waals surface area contributed by atoms with Gasteiger partial charge in [0.1, 0.15) is 11.8 Å². The standard InChI is InChI=1S/C18H20F2N2O4S/c1-11-5-8-17(26-3)16(9-11)21-18(23)12(2)22(27(4,24)25)13-6-7-14(19)15(20)10-13/h5-10,12H,1-4H3,(H,21,23)/t12-/m0/s1. The Kier molecular flexibility index (Phi) is 6.04. The summed E-state index contributed by atoms with van der Waals surface area (Å²) in [4.78, 5) is 12.7. The summed E-state index contributed by atoms with van der Waals surface area (Å²) < 4.78 is 57.1. The third kappa shape index (κ3) is 4.73. The Morgan fingerprint density at radius 3 is 2.37 bits per heavy atom. The van der Waals surface area contributed by atoms with Crippen LogP contribution in [-0.4, -0.2) is 33.7 Å². The van der Waals surface area contributed by atoms with E-state index in [1.165, 1.54) is 14.0 Å². The second-order valence-corrected chi connectivity index (χ2v) is 7.89. The van der Waals surface area contributed by atoms with Crippen LogP contribution in [0, 0.1) is 18.6 Å². The average Bonchev–Trinajstić information content (AvgIpc) is 2.57. The maximum Gasteiger partial charge on any atom is 0.248 e. The molecule has 0 bridgehead atoms. The number of amides is 1. The van der Waals surface area contributed by atoms with Crippen LogP contribution < -0.4 is 14.4 Å². The van der Waals surface area contributed by atoms with Crippen LogP contribution in [0.15, 0.2) is 36.4 Å². The molecule has 0 aliphatic rings. The third-order valence-corrected chi connectivity index (χ3v) is 5.10. The van der Waals surface area contributed by atoms with Gasteiger partial charge in [0.05, 0.1) is 24.7 Å². The van der Waals surface area contributed by atoms with Gasteiger partial charge < -0.3 is 10.1 Å². The van der Waals surface area contributed by atoms with Crippen molar-refractivity contribution in [2.45, 2.75) is 19.9 Å². The summed E-state index contributed by atoms with van der Waals surface area (Å²) >= 11 is 0. The zero-order valence-electron chi connectivity index (χ0n) is 15.3. The predicted molar refractivity (Wildman–Crippen MR) is 99.5 cm³/mol. The summed E-state index contributed by atoms with van der Waals surface area (Å²) in [6, 6.07) is 6.53. The highest BCUT2D eigenvalue weighted by Crippen LogP contribution is 2.27. The molecule has 0 spiro atoms. The van der Waals surface area contributed by atoms with Crippen LogP contribution in [0.3, 0.4) is 0 Å². The molecule has 9 heteroatoms. The molecular weight excluding hydrogens is 378 g/mol. The van der Waals surface area contributed by atoms with Crippen LogP contribution in [0.5, 0.6) is 5.75 Å². The molecule has 0 aliphatic heterocycles. The van der Waals surface area contributed by atoms with Crippen molar-refractivity contribution in [3.05, 3.63) is 53.6 Å². The fourth-order valence-corrected chi connectivity index (χ4v) is 3.75. The smallest absolute Gasteiger partial charge is 0.248 e. The van der Waals surface area contributed by atoms with E-state index in [9.17, 15) is 22.0 Å². The molecule has 0 saturated carbocycles. The van der Waals surface area contributed by atoms with Gasteiger partial charge in [0.2, 0.25) is 15.9 Å². The Labute approximate surface area is 156 Å². The predicted octanol–water partition coefficient (Wildman–Crippen LogP) is 3.08. The lowest BCUT2D eigenvalue weighted by atomic mass is 10.2. The van der Waals surface area contributed by atoms with Gasteiger partial charge in [-0.25, -0.2) is 17.2 Å². The summed E-state index contributed by atoms with van der Waals surface area (Å²) in [6.07, 6.45) is 0.880. The molecule has 2 aromatic rings. The number of nitrogens with zero attached hydrogens (tertiary/aromatic N) is 1. The molecule has 0 aromatic heterocycles. The van der Waals surface area contributed by atoms with Crippen molar-refractivity contribution in [3.8, 4) is 5.75 Å². The van der Waals surface area contributed by atoms with Gasteiger partial charge in [-0.2, -0.15) is 0 Å². The van der Waals surface area contributed by atoms with Gasteiger partial charge in [0, 0.05) is 6.07 Å². The Balaban J connectivity index is 2.38. The molecule has 0 radical (unpaired) electrons. The number of benzene rings is 2. The molecule has 0 saturated heterocycles. The second kappa shape index (κ2) is 7.91. The van der Waals surface area contributed by atoms with Crippen molar-refractivity contribution < 1.29 is 26.7 Å². The van der Waals surface area contributed by atoms with Crippen molar-refractivity contribution in [3.63, 3.8) is 0 Å². The van der Waals surface area contributed by atoms with Crippen LogP contribution in [-0.2, 0) is 14.8 Å². The third-order valence-electron chi connectivity index (χ3n) is 3.86. The Hall–Kier alpha value is -2.68. The summed E-state index contributed by atoms with van der Waals surface area (Å²) in [5.41, 5.74) is 1.07. The number of carbonyl (C=O) groups is 1. The molecule has 1 amide bonds. The molecule has 0 fully saturated rings. The van der Waals surface area contributed by atoms with Crippen molar-refractivity contribution in [2.24, 2.45) is 0 Å². The minimum atomic E-state index is -3.96. The van der Waals surface area contributed by atoms with Gasteiger partial charge >= 0.3 is 0 Å². The summed E-state index contributed by atoms with van der Waals surface area (Å²) in [6.45, 7) is 3.17. The molecule has 0 aliphatic carbocycles. The van der Waals surface area contributed by atoms with Crippen molar-refractivity contribution in [2.75, 3.05) is 23.0 Å². The number of halogens is 2. The molecule has 146 valence electrons. The molecule has 0 unspecified atom stereocenters. The van der Waals surface area contributed by atoms with E-state index in [4.69, 9.17) is 4.74 Å². The lowest BCUT2D eigenvalue weighted by Gasteiger charge is -2.28. The normalized spacial score (nSPS) is 12.4. The Bertz CT molecular complexity index is 964. The highest BCUT2D eigenvalue weighted by atomic mass is 32.2. The number of carbonyl (C=O) groups excluding carboxylic acids is 1. The second-order valence-electron chi connectivity index (χ2n) is 6.03. The number of hydrogen-bond donors (Lipinski definition) is 1. The average molecular weight is 398 g/mol. The largest absolute Gasteiger partial charge is 0.495 e. The highest BCUT2D eigenvalue weighted by molar-refractivity contribution is 7.92. The zero-order chi connectivity index (χ0) is 20.4. The van der Waals surface area contributed by atoms with Gasteiger partial charge in [-0.3, -0.25) is 9.10 Å². The number of methoxy groups -OCH3 is 1. The monoisotopic (exact) mass is 398 g/mol. The number of aryl methyl sites for hydroxylation is 1. The van der Waals surface area contributed by atoms with E-state index in [-0.39, 0.29) is 5.69 Å². The number of rotatable bonds is 6. The minimum Gasteiger partial charge on any atom is -0.495 e. The summed E-state index contributed by atoms with van der Waals surface area (Å²) in [5.74, 6) is -2.59. The fraction of sp³-hybridized carbons (Fsp3) is 0.278. The maximum atomic E-state index is 13.6. The summed E-state index contributed by atoms with van der Waals surface area (Å²) in [5, 5.41) is 2.61. The number of anilines is 2. The minimum absolute atomic E-state index is 0.157. The van der Waals surface area contributed by atoms with E-state index < -0.39 is 33.6 Å². The molecular formula is C18H20F2N2O4S. The van der Waals surface area contributed by atoms with Gasteiger partial charge in [0.25, 0.3) is 0 Å². The number of nitrogens with one attached hydrogen (secondary N) is 1. The quantitative estimate of drug-likeness (QED) is 0.811. The van der Waals surface area contributed by atoms with Crippen molar-refractivity contribution in [1.29, 1.82) is 0 Å². The van der Waals surface area contributed by atoms with E-state index >= 15 is 0 Å². The van der Waals surface area contributed by atoms with Crippen LogP contribution >= 0.6 is 0 Å². The topological polar surface area (TPSA) is 75.7 Å². The Morgan fingerprint density at radius 2 is 1.81 bits per heavy atom. The number of hydrogen-bond acceptors (Lipinski definition) is 4. The molecule has 0 heterocycles. The van der Waals surface area contributed by atoms with Crippen LogP contribution in [0.25, 0.3) is 0 Å². The molecule has 27 heavy (non-hydrogen) atoms.